The lowest BCUT2D eigenvalue weighted by Crippen LogP contribution is -2.30. The molecule has 1 amide bonds. The number of anilines is 2. The Labute approximate surface area is 174 Å². The number of hydrogen-bond donors (Lipinski definition) is 1. The molecule has 8 heteroatoms. The largest absolute Gasteiger partial charge is 0.309 e. The molecule has 0 atom stereocenters. The molecule has 0 saturated heterocycles. The molecule has 0 aliphatic carbocycles. The first kappa shape index (κ1) is 21.4. The predicted molar refractivity (Wildman–Crippen MR) is 112 cm³/mol. The molecule has 0 radical (unpaired) electrons. The van der Waals surface area contributed by atoms with Crippen molar-refractivity contribution in [3.05, 3.63) is 89.5 Å². The minimum absolute atomic E-state index is 0.164. The van der Waals surface area contributed by atoms with Crippen molar-refractivity contribution in [1.82, 2.24) is 0 Å². The average Bonchev–Trinajstić information content (AvgIpc) is 2.71. The maximum Gasteiger partial charge on any atom is 0.261 e. The highest BCUT2D eigenvalue weighted by atomic mass is 32.2. The standard InChI is InChI=1S/C22H20F2N2O3S/c1-3-26(19-10-8-17(23)9-11-19)22(27)16-5-4-6-18(13-16)25-30(28,29)20-12-7-15(2)21(24)14-20/h4-14,25H,3H2,1-2H3. The molecular weight excluding hydrogens is 410 g/mol. The average molecular weight is 430 g/mol. The Morgan fingerprint density at radius 3 is 2.33 bits per heavy atom. The van der Waals surface area contributed by atoms with E-state index >= 15 is 0 Å². The van der Waals surface area contributed by atoms with Crippen molar-refractivity contribution in [1.29, 1.82) is 0 Å². The quantitative estimate of drug-likeness (QED) is 0.614. The van der Waals surface area contributed by atoms with Crippen molar-refractivity contribution in [2.24, 2.45) is 0 Å². The number of halogens is 2. The zero-order valence-corrected chi connectivity index (χ0v) is 17.2. The summed E-state index contributed by atoms with van der Waals surface area (Å²) < 4.78 is 54.5. The van der Waals surface area contributed by atoms with Crippen molar-refractivity contribution in [2.75, 3.05) is 16.2 Å². The van der Waals surface area contributed by atoms with Crippen LogP contribution in [0.1, 0.15) is 22.8 Å². The van der Waals surface area contributed by atoms with Gasteiger partial charge in [0, 0.05) is 23.5 Å². The normalized spacial score (nSPS) is 11.2. The number of rotatable bonds is 6. The lowest BCUT2D eigenvalue weighted by atomic mass is 10.1. The van der Waals surface area contributed by atoms with Crippen molar-refractivity contribution < 1.29 is 22.0 Å². The van der Waals surface area contributed by atoms with Crippen molar-refractivity contribution >= 4 is 27.3 Å². The van der Waals surface area contributed by atoms with Crippen LogP contribution in [0.15, 0.2) is 71.6 Å². The third-order valence-corrected chi connectivity index (χ3v) is 5.89. The van der Waals surface area contributed by atoms with Crippen molar-refractivity contribution in [3.8, 4) is 0 Å². The van der Waals surface area contributed by atoms with Crippen LogP contribution < -0.4 is 9.62 Å². The van der Waals surface area contributed by atoms with Crippen molar-refractivity contribution in [3.63, 3.8) is 0 Å². The molecule has 3 rings (SSSR count). The van der Waals surface area contributed by atoms with E-state index in [-0.39, 0.29) is 22.1 Å². The van der Waals surface area contributed by atoms with Gasteiger partial charge in [-0.1, -0.05) is 12.1 Å². The third-order valence-electron chi connectivity index (χ3n) is 4.52. The van der Waals surface area contributed by atoms with Crippen LogP contribution in [0.4, 0.5) is 20.2 Å². The Hall–Kier alpha value is -3.26. The Morgan fingerprint density at radius 2 is 1.70 bits per heavy atom. The van der Waals surface area contributed by atoms with Gasteiger partial charge in [-0.2, -0.15) is 0 Å². The lowest BCUT2D eigenvalue weighted by Gasteiger charge is -2.21. The Kier molecular flexibility index (Phi) is 6.17. The second-order valence-electron chi connectivity index (χ2n) is 6.62. The summed E-state index contributed by atoms with van der Waals surface area (Å²) in [6.45, 7) is 3.65. The van der Waals surface area contributed by atoms with Crippen LogP contribution in [0.5, 0.6) is 0 Å². The van der Waals surface area contributed by atoms with E-state index in [2.05, 4.69) is 4.72 Å². The van der Waals surface area contributed by atoms with E-state index in [4.69, 9.17) is 0 Å². The van der Waals surface area contributed by atoms with Gasteiger partial charge in [-0.15, -0.1) is 0 Å². The van der Waals surface area contributed by atoms with Crippen LogP contribution in [-0.4, -0.2) is 20.9 Å². The molecule has 30 heavy (non-hydrogen) atoms. The number of aryl methyl sites for hydroxylation is 1. The number of benzene rings is 3. The summed E-state index contributed by atoms with van der Waals surface area (Å²) >= 11 is 0. The Balaban J connectivity index is 1.87. The fourth-order valence-corrected chi connectivity index (χ4v) is 3.95. The van der Waals surface area contributed by atoms with Gasteiger partial charge in [-0.05, 0) is 74.0 Å². The second-order valence-corrected chi connectivity index (χ2v) is 8.31. The summed E-state index contributed by atoms with van der Waals surface area (Å²) in [5, 5.41) is 0. The highest BCUT2D eigenvalue weighted by Gasteiger charge is 2.19. The summed E-state index contributed by atoms with van der Waals surface area (Å²) in [5.41, 5.74) is 1.26. The highest BCUT2D eigenvalue weighted by molar-refractivity contribution is 7.92. The van der Waals surface area contributed by atoms with Gasteiger partial charge in [-0.25, -0.2) is 17.2 Å². The number of nitrogens with one attached hydrogen (secondary N) is 1. The van der Waals surface area contributed by atoms with E-state index < -0.39 is 21.7 Å². The molecular formula is C22H20F2N2O3S. The summed E-state index contributed by atoms with van der Waals surface area (Å²) in [5.74, 6) is -1.41. The van der Waals surface area contributed by atoms with E-state index in [9.17, 15) is 22.0 Å². The maximum atomic E-state index is 13.8. The Morgan fingerprint density at radius 1 is 1.00 bits per heavy atom. The molecule has 0 aromatic heterocycles. The SMILES string of the molecule is CCN(C(=O)c1cccc(NS(=O)(=O)c2ccc(C)c(F)c2)c1)c1ccc(F)cc1. The zero-order valence-electron chi connectivity index (χ0n) is 16.4. The van der Waals surface area contributed by atoms with Gasteiger partial charge >= 0.3 is 0 Å². The van der Waals surface area contributed by atoms with Gasteiger partial charge in [0.25, 0.3) is 15.9 Å². The monoisotopic (exact) mass is 430 g/mol. The smallest absolute Gasteiger partial charge is 0.261 e. The van der Waals surface area contributed by atoms with E-state index in [0.29, 0.717) is 17.8 Å². The molecule has 1 N–H and O–H groups in total. The van der Waals surface area contributed by atoms with Crippen LogP contribution in [0.2, 0.25) is 0 Å². The summed E-state index contributed by atoms with van der Waals surface area (Å²) in [7, 11) is -4.03. The maximum absolute atomic E-state index is 13.8. The fourth-order valence-electron chi connectivity index (χ4n) is 2.89. The number of carbonyl (C=O) groups is 1. The molecule has 0 aliphatic heterocycles. The van der Waals surface area contributed by atoms with Gasteiger partial charge < -0.3 is 4.90 Å². The van der Waals surface area contributed by atoms with E-state index in [1.807, 2.05) is 0 Å². The van der Waals surface area contributed by atoms with Gasteiger partial charge in [-0.3, -0.25) is 9.52 Å². The molecule has 0 spiro atoms. The topological polar surface area (TPSA) is 66.5 Å². The summed E-state index contributed by atoms with van der Waals surface area (Å²) in [6, 6.07) is 15.1. The molecule has 0 aliphatic rings. The fraction of sp³-hybridized carbons (Fsp3) is 0.136. The number of nitrogens with zero attached hydrogens (tertiary/aromatic N) is 1. The molecule has 0 fully saturated rings. The molecule has 0 unspecified atom stereocenters. The lowest BCUT2D eigenvalue weighted by molar-refractivity contribution is 0.0988. The van der Waals surface area contributed by atoms with E-state index in [1.165, 1.54) is 60.4 Å². The molecule has 156 valence electrons. The first-order valence-electron chi connectivity index (χ1n) is 9.17. The van der Waals surface area contributed by atoms with Crippen LogP contribution in [0.25, 0.3) is 0 Å². The highest BCUT2D eigenvalue weighted by Crippen LogP contribution is 2.22. The number of hydrogen-bond acceptors (Lipinski definition) is 3. The second kappa shape index (κ2) is 8.62. The minimum atomic E-state index is -4.03. The summed E-state index contributed by atoms with van der Waals surface area (Å²) in [4.78, 5) is 14.2. The number of sulfonamides is 1. The van der Waals surface area contributed by atoms with Crippen LogP contribution in [0.3, 0.4) is 0 Å². The first-order valence-corrected chi connectivity index (χ1v) is 10.7. The van der Waals surface area contributed by atoms with Gasteiger partial charge in [0.2, 0.25) is 0 Å². The van der Waals surface area contributed by atoms with Crippen molar-refractivity contribution in [2.45, 2.75) is 18.7 Å². The molecule has 3 aromatic rings. The van der Waals surface area contributed by atoms with Crippen LogP contribution >= 0.6 is 0 Å². The van der Waals surface area contributed by atoms with Gasteiger partial charge in [0.05, 0.1) is 4.90 Å². The van der Waals surface area contributed by atoms with Gasteiger partial charge in [0.1, 0.15) is 11.6 Å². The third kappa shape index (κ3) is 4.65. The van der Waals surface area contributed by atoms with Crippen LogP contribution in [0, 0.1) is 18.6 Å². The first-order chi connectivity index (χ1) is 14.2. The number of amides is 1. The zero-order chi connectivity index (χ0) is 21.9. The molecule has 0 heterocycles. The predicted octanol–water partition coefficient (Wildman–Crippen LogP) is 4.74. The molecule has 0 saturated carbocycles. The van der Waals surface area contributed by atoms with Crippen LogP contribution in [-0.2, 0) is 10.0 Å². The molecule has 3 aromatic carbocycles. The van der Waals surface area contributed by atoms with Gasteiger partial charge in [0.15, 0.2) is 0 Å². The molecule has 0 bridgehead atoms. The Bertz CT molecular complexity index is 1180. The molecule has 5 nitrogen and oxygen atoms in total. The minimum Gasteiger partial charge on any atom is -0.309 e. The number of carbonyl (C=O) groups excluding carboxylic acids is 1. The summed E-state index contributed by atoms with van der Waals surface area (Å²) in [6.07, 6.45) is 0. The van der Waals surface area contributed by atoms with E-state index in [0.717, 1.165) is 6.07 Å². The van der Waals surface area contributed by atoms with E-state index in [1.54, 1.807) is 19.1 Å².